The maximum absolute atomic E-state index is 4.93. The summed E-state index contributed by atoms with van der Waals surface area (Å²) in [6.45, 7) is 0. The van der Waals surface area contributed by atoms with Gasteiger partial charge in [0, 0.05) is 10.9 Å². The molecule has 190 valence electrons. The molecule has 1 aromatic heterocycles. The zero-order chi connectivity index (χ0) is 27.0. The van der Waals surface area contributed by atoms with Crippen LogP contribution in [-0.2, 0) is 5.41 Å². The Kier molecular flexibility index (Phi) is 4.60. The molecule has 1 nitrogen and oxygen atoms in total. The van der Waals surface area contributed by atoms with E-state index >= 15 is 0 Å². The van der Waals surface area contributed by atoms with E-state index in [1.54, 1.807) is 0 Å². The summed E-state index contributed by atoms with van der Waals surface area (Å²) in [6.07, 6.45) is 0. The van der Waals surface area contributed by atoms with Crippen LogP contribution in [0.5, 0.6) is 0 Å². The largest absolute Gasteiger partial charge is 0.248 e. The minimum atomic E-state index is -0.315. The zero-order valence-electron chi connectivity index (χ0n) is 22.4. The molecule has 9 rings (SSSR count). The van der Waals surface area contributed by atoms with Gasteiger partial charge in [0.25, 0.3) is 0 Å². The summed E-state index contributed by atoms with van der Waals surface area (Å²) in [5.41, 5.74) is 16.2. The molecule has 0 aliphatic heterocycles. The summed E-state index contributed by atoms with van der Waals surface area (Å²) < 4.78 is 0. The highest BCUT2D eigenvalue weighted by atomic mass is 14.7. The first-order valence-electron chi connectivity index (χ1n) is 14.2. The van der Waals surface area contributed by atoms with Gasteiger partial charge in [-0.3, -0.25) is 0 Å². The van der Waals surface area contributed by atoms with Gasteiger partial charge in [0.2, 0.25) is 0 Å². The topological polar surface area (TPSA) is 12.9 Å². The van der Waals surface area contributed by atoms with Crippen molar-refractivity contribution in [1.29, 1.82) is 0 Å². The van der Waals surface area contributed by atoms with Gasteiger partial charge in [0.1, 0.15) is 0 Å². The fourth-order valence-electron chi connectivity index (χ4n) is 7.43. The van der Waals surface area contributed by atoms with E-state index in [1.807, 2.05) is 6.07 Å². The van der Waals surface area contributed by atoms with Crippen LogP contribution in [-0.4, -0.2) is 4.98 Å². The molecular formula is C40H25N. The molecule has 0 N–H and O–H groups in total. The molecule has 7 aromatic rings. The first-order chi connectivity index (χ1) is 20.3. The van der Waals surface area contributed by atoms with Gasteiger partial charge < -0.3 is 0 Å². The van der Waals surface area contributed by atoms with Crippen LogP contribution in [0.1, 0.15) is 22.3 Å². The van der Waals surface area contributed by atoms with Gasteiger partial charge in [-0.15, -0.1) is 0 Å². The lowest BCUT2D eigenvalue weighted by Gasteiger charge is -2.30. The van der Waals surface area contributed by atoms with Crippen molar-refractivity contribution in [3.05, 3.63) is 174 Å². The highest BCUT2D eigenvalue weighted by Gasteiger charge is 2.51. The molecule has 2 aliphatic rings. The summed E-state index contributed by atoms with van der Waals surface area (Å²) in [7, 11) is 0. The maximum atomic E-state index is 4.93. The van der Waals surface area contributed by atoms with E-state index in [0.29, 0.717) is 0 Å². The molecule has 41 heavy (non-hydrogen) atoms. The standard InChI is InChI=1S/C40H25N/c1-8-19-37-27(10-1)24-25-38(41-37)28-22-20-26(21-23-28)29-14-9-18-36-39(29)32-13-4-7-17-35(32)40(36)33-15-5-2-11-30(33)31-12-3-6-16-34(31)40/h1-25H. The number of rotatable bonds is 2. The number of hydrogen-bond donors (Lipinski definition) is 0. The summed E-state index contributed by atoms with van der Waals surface area (Å²) >= 11 is 0. The first-order valence-corrected chi connectivity index (χ1v) is 14.2. The third-order valence-electron chi connectivity index (χ3n) is 9.11. The molecule has 0 saturated heterocycles. The predicted octanol–water partition coefficient (Wildman–Crippen LogP) is 9.91. The van der Waals surface area contributed by atoms with E-state index in [4.69, 9.17) is 4.98 Å². The molecule has 0 bridgehead atoms. The Balaban J connectivity index is 1.25. The van der Waals surface area contributed by atoms with Gasteiger partial charge in [0.05, 0.1) is 16.6 Å². The van der Waals surface area contributed by atoms with Gasteiger partial charge in [-0.25, -0.2) is 4.98 Å². The number of fused-ring (bicyclic) bond motifs is 11. The number of para-hydroxylation sites is 1. The second-order valence-corrected chi connectivity index (χ2v) is 11.1. The summed E-state index contributed by atoms with van der Waals surface area (Å²) in [5.74, 6) is 0. The molecule has 1 heterocycles. The normalized spacial score (nSPS) is 13.6. The van der Waals surface area contributed by atoms with E-state index < -0.39 is 0 Å². The molecule has 0 amide bonds. The van der Waals surface area contributed by atoms with Crippen LogP contribution in [0, 0.1) is 0 Å². The maximum Gasteiger partial charge on any atom is 0.0725 e. The van der Waals surface area contributed by atoms with Crippen LogP contribution in [0.15, 0.2) is 152 Å². The number of aromatic nitrogens is 1. The predicted molar refractivity (Wildman–Crippen MR) is 169 cm³/mol. The van der Waals surface area contributed by atoms with E-state index in [0.717, 1.165) is 22.2 Å². The van der Waals surface area contributed by atoms with Crippen LogP contribution >= 0.6 is 0 Å². The number of benzene rings is 6. The Hall–Kier alpha value is -5.27. The molecule has 1 heteroatoms. The third-order valence-corrected chi connectivity index (χ3v) is 9.11. The van der Waals surface area contributed by atoms with Gasteiger partial charge in [0.15, 0.2) is 0 Å². The first kappa shape index (κ1) is 22.5. The Morgan fingerprint density at radius 3 is 1.63 bits per heavy atom. The van der Waals surface area contributed by atoms with E-state index in [9.17, 15) is 0 Å². The lowest BCUT2D eigenvalue weighted by Crippen LogP contribution is -2.25. The number of hydrogen-bond acceptors (Lipinski definition) is 1. The average molecular weight is 520 g/mol. The van der Waals surface area contributed by atoms with Gasteiger partial charge in [-0.1, -0.05) is 140 Å². The fourth-order valence-corrected chi connectivity index (χ4v) is 7.43. The number of nitrogens with zero attached hydrogens (tertiary/aromatic N) is 1. The fraction of sp³-hybridized carbons (Fsp3) is 0.0250. The van der Waals surface area contributed by atoms with E-state index in [2.05, 4.69) is 146 Å². The quantitative estimate of drug-likeness (QED) is 0.221. The molecule has 0 radical (unpaired) electrons. The second-order valence-electron chi connectivity index (χ2n) is 11.1. The molecule has 0 atom stereocenters. The Bertz CT molecular complexity index is 2110. The number of pyridine rings is 1. The van der Waals surface area contributed by atoms with Crippen LogP contribution in [0.3, 0.4) is 0 Å². The van der Waals surface area contributed by atoms with Crippen molar-refractivity contribution in [2.24, 2.45) is 0 Å². The monoisotopic (exact) mass is 519 g/mol. The van der Waals surface area contributed by atoms with Gasteiger partial charge in [-0.05, 0) is 67.8 Å². The molecular weight excluding hydrogens is 494 g/mol. The van der Waals surface area contributed by atoms with Crippen molar-refractivity contribution in [3.63, 3.8) is 0 Å². The van der Waals surface area contributed by atoms with Crippen molar-refractivity contribution in [2.45, 2.75) is 5.41 Å². The van der Waals surface area contributed by atoms with Crippen molar-refractivity contribution in [1.82, 2.24) is 4.98 Å². The van der Waals surface area contributed by atoms with Crippen LogP contribution < -0.4 is 0 Å². The smallest absolute Gasteiger partial charge is 0.0725 e. The van der Waals surface area contributed by atoms with Crippen molar-refractivity contribution in [2.75, 3.05) is 0 Å². The van der Waals surface area contributed by atoms with Crippen molar-refractivity contribution < 1.29 is 0 Å². The molecule has 0 fully saturated rings. The molecule has 0 saturated carbocycles. The highest BCUT2D eigenvalue weighted by Crippen LogP contribution is 2.63. The van der Waals surface area contributed by atoms with Gasteiger partial charge in [-0.2, -0.15) is 0 Å². The zero-order valence-corrected chi connectivity index (χ0v) is 22.4. The molecule has 0 unspecified atom stereocenters. The van der Waals surface area contributed by atoms with Crippen LogP contribution in [0.2, 0.25) is 0 Å². The van der Waals surface area contributed by atoms with E-state index in [-0.39, 0.29) is 5.41 Å². The second kappa shape index (κ2) is 8.36. The van der Waals surface area contributed by atoms with Crippen LogP contribution in [0.4, 0.5) is 0 Å². The van der Waals surface area contributed by atoms with Crippen molar-refractivity contribution in [3.8, 4) is 44.6 Å². The van der Waals surface area contributed by atoms with Gasteiger partial charge >= 0.3 is 0 Å². The highest BCUT2D eigenvalue weighted by molar-refractivity contribution is 6.00. The Morgan fingerprint density at radius 2 is 0.902 bits per heavy atom. The average Bonchev–Trinajstić information content (AvgIpc) is 3.52. The van der Waals surface area contributed by atoms with Crippen molar-refractivity contribution >= 4 is 10.9 Å². The minimum Gasteiger partial charge on any atom is -0.248 e. The van der Waals surface area contributed by atoms with Crippen LogP contribution in [0.25, 0.3) is 55.5 Å². The minimum absolute atomic E-state index is 0.315. The third kappa shape index (κ3) is 2.98. The Labute approximate surface area is 239 Å². The lowest BCUT2D eigenvalue weighted by molar-refractivity contribution is 0.794. The molecule has 2 aliphatic carbocycles. The summed E-state index contributed by atoms with van der Waals surface area (Å²) in [4.78, 5) is 4.93. The summed E-state index contributed by atoms with van der Waals surface area (Å²) in [5, 5.41) is 1.16. The lowest BCUT2D eigenvalue weighted by atomic mass is 9.70. The van der Waals surface area contributed by atoms with E-state index in [1.165, 1.54) is 55.6 Å². The molecule has 6 aromatic carbocycles. The SMILES string of the molecule is c1ccc2c(c1)-c1ccccc1C21c2ccccc2-c2c(-c3ccc(-c4ccc5ccccc5n4)cc3)cccc21. The summed E-state index contributed by atoms with van der Waals surface area (Å²) in [6, 6.07) is 55.3. The molecule has 1 spiro atoms. The Morgan fingerprint density at radius 1 is 0.366 bits per heavy atom.